The van der Waals surface area contributed by atoms with E-state index in [9.17, 15) is 9.18 Å². The molecule has 0 saturated heterocycles. The van der Waals surface area contributed by atoms with Gasteiger partial charge in [-0.2, -0.15) is 0 Å². The van der Waals surface area contributed by atoms with Crippen LogP contribution in [0.3, 0.4) is 0 Å². The van der Waals surface area contributed by atoms with Gasteiger partial charge in [-0.1, -0.05) is 31.1 Å². The van der Waals surface area contributed by atoms with Gasteiger partial charge >= 0.3 is 0 Å². The van der Waals surface area contributed by atoms with Gasteiger partial charge in [-0.05, 0) is 31.0 Å². The van der Waals surface area contributed by atoms with Crippen molar-refractivity contribution in [2.24, 2.45) is 0 Å². The lowest BCUT2D eigenvalue weighted by atomic mass is 9.95. The van der Waals surface area contributed by atoms with Crippen LogP contribution in [-0.2, 0) is 0 Å². The minimum absolute atomic E-state index is 0.0497. The largest absolute Gasteiger partial charge is 0.395 e. The zero-order valence-corrected chi connectivity index (χ0v) is 12.0. The lowest BCUT2D eigenvalue weighted by Crippen LogP contribution is -2.36. The Morgan fingerprint density at radius 2 is 2.10 bits per heavy atom. The van der Waals surface area contributed by atoms with Crippen LogP contribution in [0.15, 0.2) is 18.2 Å². The van der Waals surface area contributed by atoms with Crippen LogP contribution in [0.25, 0.3) is 0 Å². The molecule has 1 aliphatic rings. The summed E-state index contributed by atoms with van der Waals surface area (Å²) in [4.78, 5) is 12.3. The topological polar surface area (TPSA) is 49.3 Å². The predicted octanol–water partition coefficient (Wildman–Crippen LogP) is 2.62. The molecule has 1 amide bonds. The zero-order chi connectivity index (χ0) is 15.1. The highest BCUT2D eigenvalue weighted by molar-refractivity contribution is 5.96. The summed E-state index contributed by atoms with van der Waals surface area (Å²) in [7, 11) is 0. The maximum Gasteiger partial charge on any atom is 0.252 e. The Morgan fingerprint density at radius 3 is 2.81 bits per heavy atom. The number of carbonyl (C=O) groups is 1. The molecule has 112 valence electrons. The summed E-state index contributed by atoms with van der Waals surface area (Å²) in [6.07, 6.45) is 5.80. The first kappa shape index (κ1) is 15.5. The fraction of sp³-hybridized carbons (Fsp3) is 0.471. The Morgan fingerprint density at radius 1 is 1.33 bits per heavy atom. The van der Waals surface area contributed by atoms with Gasteiger partial charge < -0.3 is 10.4 Å². The number of rotatable bonds is 3. The first-order valence-corrected chi connectivity index (χ1v) is 7.41. The van der Waals surface area contributed by atoms with E-state index in [2.05, 4.69) is 17.2 Å². The standard InChI is InChI=1S/C17H20FNO2/c18-14-9-10-16(13(12-14)6-4-5-11-20)17(21)19-15-7-2-1-3-8-15/h9-10,12,15,20H,1-3,5,7-8,11H2,(H,19,21). The van der Waals surface area contributed by atoms with E-state index in [1.54, 1.807) is 0 Å². The summed E-state index contributed by atoms with van der Waals surface area (Å²) >= 11 is 0. The fourth-order valence-electron chi connectivity index (χ4n) is 2.54. The number of carbonyl (C=O) groups excluding carboxylic acids is 1. The number of hydrogen-bond donors (Lipinski definition) is 2. The van der Waals surface area contributed by atoms with Gasteiger partial charge in [-0.15, -0.1) is 0 Å². The number of benzene rings is 1. The van der Waals surface area contributed by atoms with E-state index < -0.39 is 5.82 Å². The molecule has 1 aromatic carbocycles. The molecule has 0 bridgehead atoms. The van der Waals surface area contributed by atoms with Crippen molar-refractivity contribution in [2.75, 3.05) is 6.61 Å². The number of hydrogen-bond acceptors (Lipinski definition) is 2. The van der Waals surface area contributed by atoms with Crippen LogP contribution < -0.4 is 5.32 Å². The van der Waals surface area contributed by atoms with Crippen LogP contribution in [0.5, 0.6) is 0 Å². The van der Waals surface area contributed by atoms with Crippen LogP contribution in [0.4, 0.5) is 4.39 Å². The van der Waals surface area contributed by atoms with E-state index in [0.29, 0.717) is 17.5 Å². The lowest BCUT2D eigenvalue weighted by Gasteiger charge is -2.23. The van der Waals surface area contributed by atoms with Gasteiger partial charge in [0.2, 0.25) is 0 Å². The quantitative estimate of drug-likeness (QED) is 0.840. The van der Waals surface area contributed by atoms with Crippen molar-refractivity contribution >= 4 is 5.91 Å². The van der Waals surface area contributed by atoms with Crippen LogP contribution in [0.2, 0.25) is 0 Å². The summed E-state index contributed by atoms with van der Waals surface area (Å²) in [5.41, 5.74) is 0.768. The van der Waals surface area contributed by atoms with E-state index >= 15 is 0 Å². The third kappa shape index (κ3) is 4.57. The highest BCUT2D eigenvalue weighted by atomic mass is 19.1. The Hall–Kier alpha value is -1.86. The lowest BCUT2D eigenvalue weighted by molar-refractivity contribution is 0.0927. The Labute approximate surface area is 124 Å². The average Bonchev–Trinajstić information content (AvgIpc) is 2.48. The van der Waals surface area contributed by atoms with Gasteiger partial charge in [0.1, 0.15) is 5.82 Å². The molecule has 21 heavy (non-hydrogen) atoms. The molecule has 0 spiro atoms. The van der Waals surface area contributed by atoms with Crippen LogP contribution in [0, 0.1) is 17.7 Å². The predicted molar refractivity (Wildman–Crippen MR) is 79.3 cm³/mol. The first-order valence-electron chi connectivity index (χ1n) is 7.41. The van der Waals surface area contributed by atoms with Gasteiger partial charge in [-0.25, -0.2) is 4.39 Å². The monoisotopic (exact) mass is 289 g/mol. The summed E-state index contributed by atoms with van der Waals surface area (Å²) in [5.74, 6) is 4.88. The van der Waals surface area contributed by atoms with Crippen LogP contribution in [0.1, 0.15) is 54.4 Å². The van der Waals surface area contributed by atoms with E-state index in [0.717, 1.165) is 25.7 Å². The molecule has 1 aliphatic carbocycles. The van der Waals surface area contributed by atoms with E-state index in [-0.39, 0.29) is 18.6 Å². The van der Waals surface area contributed by atoms with Gasteiger partial charge in [0, 0.05) is 18.0 Å². The minimum Gasteiger partial charge on any atom is -0.395 e. The van der Waals surface area contributed by atoms with Crippen molar-refractivity contribution in [2.45, 2.75) is 44.6 Å². The van der Waals surface area contributed by atoms with Crippen molar-refractivity contribution in [3.63, 3.8) is 0 Å². The van der Waals surface area contributed by atoms with E-state index in [1.807, 2.05) is 0 Å². The molecule has 1 fully saturated rings. The smallest absolute Gasteiger partial charge is 0.252 e. The van der Waals surface area contributed by atoms with Gasteiger partial charge in [0.15, 0.2) is 0 Å². The molecule has 4 heteroatoms. The molecule has 2 N–H and O–H groups in total. The Balaban J connectivity index is 2.13. The maximum absolute atomic E-state index is 13.3. The molecule has 0 aliphatic heterocycles. The molecule has 0 atom stereocenters. The number of halogens is 1. The molecule has 3 nitrogen and oxygen atoms in total. The summed E-state index contributed by atoms with van der Waals surface area (Å²) in [6.45, 7) is -0.0497. The number of aliphatic hydroxyl groups excluding tert-OH is 1. The zero-order valence-electron chi connectivity index (χ0n) is 12.0. The van der Waals surface area contributed by atoms with Gasteiger partial charge in [0.05, 0.1) is 12.2 Å². The van der Waals surface area contributed by atoms with Crippen molar-refractivity contribution in [3.8, 4) is 11.8 Å². The first-order chi connectivity index (χ1) is 10.2. The number of amides is 1. The van der Waals surface area contributed by atoms with E-state index in [1.165, 1.54) is 24.6 Å². The molecular weight excluding hydrogens is 269 g/mol. The summed E-state index contributed by atoms with van der Waals surface area (Å²) < 4.78 is 13.3. The van der Waals surface area contributed by atoms with Crippen molar-refractivity contribution in [1.82, 2.24) is 5.32 Å². The summed E-state index contributed by atoms with van der Waals surface area (Å²) in [5, 5.41) is 11.7. The van der Waals surface area contributed by atoms with Crippen LogP contribution in [-0.4, -0.2) is 23.7 Å². The second-order valence-corrected chi connectivity index (χ2v) is 5.27. The average molecular weight is 289 g/mol. The second kappa shape index (κ2) is 7.80. The second-order valence-electron chi connectivity index (χ2n) is 5.27. The molecule has 1 saturated carbocycles. The Kier molecular flexibility index (Phi) is 5.77. The van der Waals surface area contributed by atoms with Gasteiger partial charge in [0.25, 0.3) is 5.91 Å². The molecule has 0 aromatic heterocycles. The Bertz CT molecular complexity index is 554. The molecule has 0 heterocycles. The molecule has 2 rings (SSSR count). The minimum atomic E-state index is -0.419. The van der Waals surface area contributed by atoms with Gasteiger partial charge in [-0.3, -0.25) is 4.79 Å². The molecule has 0 radical (unpaired) electrons. The van der Waals surface area contributed by atoms with Crippen molar-refractivity contribution < 1.29 is 14.3 Å². The third-order valence-electron chi connectivity index (χ3n) is 3.63. The maximum atomic E-state index is 13.3. The fourth-order valence-corrected chi connectivity index (χ4v) is 2.54. The highest BCUT2D eigenvalue weighted by Crippen LogP contribution is 2.18. The normalized spacial score (nSPS) is 15.1. The summed E-state index contributed by atoms with van der Waals surface area (Å²) in [6, 6.07) is 4.21. The van der Waals surface area contributed by atoms with Crippen molar-refractivity contribution in [1.29, 1.82) is 0 Å². The molecule has 1 aromatic rings. The van der Waals surface area contributed by atoms with E-state index in [4.69, 9.17) is 5.11 Å². The van der Waals surface area contributed by atoms with Crippen molar-refractivity contribution in [3.05, 3.63) is 35.1 Å². The number of aliphatic hydroxyl groups is 1. The third-order valence-corrected chi connectivity index (χ3v) is 3.63. The molecular formula is C17H20FNO2. The van der Waals surface area contributed by atoms with Crippen LogP contribution >= 0.6 is 0 Å². The molecule has 0 unspecified atom stereocenters. The SMILES string of the molecule is O=C(NC1CCCCC1)c1ccc(F)cc1C#CCCO. The number of nitrogens with one attached hydrogen (secondary N) is 1. The highest BCUT2D eigenvalue weighted by Gasteiger charge is 2.18.